The molecule has 0 bridgehead atoms. The number of hydrogen-bond donors (Lipinski definition) is 0. The Bertz CT molecular complexity index is 860. The first-order chi connectivity index (χ1) is 14.6. The molecule has 30 heavy (non-hydrogen) atoms. The molecule has 2 aliphatic heterocycles. The summed E-state index contributed by atoms with van der Waals surface area (Å²) >= 11 is 0. The van der Waals surface area contributed by atoms with Crippen LogP contribution in [0.2, 0.25) is 0 Å². The molecule has 0 saturated carbocycles. The van der Waals surface area contributed by atoms with Gasteiger partial charge in [0.1, 0.15) is 5.54 Å². The Morgan fingerprint density at radius 2 is 1.43 bits per heavy atom. The van der Waals surface area contributed by atoms with Gasteiger partial charge in [0.15, 0.2) is 0 Å². The van der Waals surface area contributed by atoms with Crippen molar-refractivity contribution in [3.63, 3.8) is 0 Å². The van der Waals surface area contributed by atoms with Crippen molar-refractivity contribution < 1.29 is 9.59 Å². The fourth-order valence-electron chi connectivity index (χ4n) is 4.83. The fourth-order valence-corrected chi connectivity index (χ4v) is 4.83. The molecule has 5 heteroatoms. The Hall–Kier alpha value is -2.66. The van der Waals surface area contributed by atoms with Crippen LogP contribution in [0.3, 0.4) is 0 Å². The maximum absolute atomic E-state index is 13.6. The Morgan fingerprint density at radius 3 is 2.03 bits per heavy atom. The first-order valence-corrected chi connectivity index (χ1v) is 11.1. The van der Waals surface area contributed by atoms with Gasteiger partial charge in [-0.05, 0) is 43.4 Å². The number of carbonyl (C=O) groups excluding carboxylic acids is 2. The summed E-state index contributed by atoms with van der Waals surface area (Å²) in [7, 11) is 0. The first kappa shape index (κ1) is 20.6. The van der Waals surface area contributed by atoms with Gasteiger partial charge in [0, 0.05) is 19.6 Å². The van der Waals surface area contributed by atoms with Crippen LogP contribution in [0.1, 0.15) is 37.3 Å². The van der Waals surface area contributed by atoms with Crippen LogP contribution in [0.5, 0.6) is 0 Å². The van der Waals surface area contributed by atoms with Crippen molar-refractivity contribution in [3.05, 3.63) is 71.8 Å². The zero-order chi connectivity index (χ0) is 21.0. The van der Waals surface area contributed by atoms with Crippen molar-refractivity contribution in [2.24, 2.45) is 0 Å². The summed E-state index contributed by atoms with van der Waals surface area (Å²) in [6, 6.07) is 19.9. The highest BCUT2D eigenvalue weighted by Gasteiger charge is 2.57. The van der Waals surface area contributed by atoms with E-state index in [1.165, 1.54) is 10.5 Å². The van der Waals surface area contributed by atoms with Crippen molar-refractivity contribution in [3.8, 4) is 0 Å². The van der Waals surface area contributed by atoms with Gasteiger partial charge in [-0.2, -0.15) is 0 Å². The van der Waals surface area contributed by atoms with Gasteiger partial charge < -0.3 is 9.80 Å². The number of urea groups is 1. The molecule has 0 radical (unpaired) electrons. The molecular formula is C25H31N3O2. The molecule has 2 fully saturated rings. The van der Waals surface area contributed by atoms with Gasteiger partial charge in [-0.3, -0.25) is 9.69 Å². The highest BCUT2D eigenvalue weighted by molar-refractivity contribution is 6.07. The molecular weight excluding hydrogens is 374 g/mol. The Labute approximate surface area is 179 Å². The summed E-state index contributed by atoms with van der Waals surface area (Å²) in [6.07, 6.45) is 3.31. The number of amides is 3. The predicted octanol–water partition coefficient (Wildman–Crippen LogP) is 3.94. The molecule has 0 N–H and O–H groups in total. The number of benzene rings is 2. The van der Waals surface area contributed by atoms with E-state index in [4.69, 9.17) is 0 Å². The van der Waals surface area contributed by atoms with E-state index >= 15 is 0 Å². The number of carbonyl (C=O) groups is 2. The van der Waals surface area contributed by atoms with E-state index in [1.807, 2.05) is 53.4 Å². The zero-order valence-electron chi connectivity index (χ0n) is 17.8. The molecule has 0 unspecified atom stereocenters. The largest absolute Gasteiger partial charge is 0.328 e. The van der Waals surface area contributed by atoms with Crippen LogP contribution in [-0.4, -0.2) is 58.4 Å². The van der Waals surface area contributed by atoms with E-state index in [2.05, 4.69) is 24.0 Å². The van der Waals surface area contributed by atoms with Crippen LogP contribution < -0.4 is 0 Å². The molecule has 0 aliphatic carbocycles. The maximum Gasteiger partial charge on any atom is 0.328 e. The molecule has 3 amide bonds. The minimum absolute atomic E-state index is 0.0134. The lowest BCUT2D eigenvalue weighted by molar-refractivity contribution is -0.136. The van der Waals surface area contributed by atoms with Crippen molar-refractivity contribution in [1.82, 2.24) is 14.7 Å². The lowest BCUT2D eigenvalue weighted by Crippen LogP contribution is -2.57. The summed E-state index contributed by atoms with van der Waals surface area (Å²) in [6.45, 7) is 5.90. The van der Waals surface area contributed by atoms with Gasteiger partial charge in [-0.1, -0.05) is 67.6 Å². The third-order valence-corrected chi connectivity index (χ3v) is 6.50. The molecule has 0 atom stereocenters. The molecule has 4 rings (SSSR count). The van der Waals surface area contributed by atoms with Crippen LogP contribution in [-0.2, 0) is 17.8 Å². The summed E-state index contributed by atoms with van der Waals surface area (Å²) in [5.41, 5.74) is 1.49. The van der Waals surface area contributed by atoms with E-state index in [9.17, 15) is 9.59 Å². The van der Waals surface area contributed by atoms with Crippen molar-refractivity contribution in [2.45, 2.75) is 44.7 Å². The van der Waals surface area contributed by atoms with Crippen LogP contribution in [0, 0.1) is 0 Å². The van der Waals surface area contributed by atoms with Crippen LogP contribution in [0.25, 0.3) is 0 Å². The van der Waals surface area contributed by atoms with Crippen LogP contribution >= 0.6 is 0 Å². The Balaban J connectivity index is 1.57. The average molecular weight is 406 g/mol. The average Bonchev–Trinajstić information content (AvgIpc) is 2.97. The fraction of sp³-hybridized carbons (Fsp3) is 0.440. The molecule has 1 spiro atoms. The van der Waals surface area contributed by atoms with Gasteiger partial charge in [0.2, 0.25) is 0 Å². The van der Waals surface area contributed by atoms with Gasteiger partial charge in [-0.15, -0.1) is 0 Å². The normalized spacial score (nSPS) is 19.1. The van der Waals surface area contributed by atoms with E-state index in [0.717, 1.165) is 50.9 Å². The lowest BCUT2D eigenvalue weighted by Gasteiger charge is -2.42. The zero-order valence-corrected chi connectivity index (χ0v) is 17.8. The van der Waals surface area contributed by atoms with Crippen molar-refractivity contribution in [2.75, 3.05) is 26.2 Å². The number of nitrogens with zero attached hydrogens (tertiary/aromatic N) is 3. The third-order valence-electron chi connectivity index (χ3n) is 6.50. The molecule has 158 valence electrons. The molecule has 5 nitrogen and oxygen atoms in total. The quantitative estimate of drug-likeness (QED) is 0.656. The van der Waals surface area contributed by atoms with Gasteiger partial charge in [-0.25, -0.2) is 4.79 Å². The van der Waals surface area contributed by atoms with E-state index in [-0.39, 0.29) is 11.9 Å². The number of rotatable bonds is 7. The minimum atomic E-state index is -0.690. The maximum atomic E-state index is 13.6. The molecule has 0 aromatic heterocycles. The highest BCUT2D eigenvalue weighted by atomic mass is 16.2. The summed E-state index contributed by atoms with van der Waals surface area (Å²) < 4.78 is 0. The second kappa shape index (κ2) is 9.00. The molecule has 2 saturated heterocycles. The van der Waals surface area contributed by atoms with Gasteiger partial charge >= 0.3 is 6.03 Å². The highest BCUT2D eigenvalue weighted by Crippen LogP contribution is 2.38. The first-order valence-electron chi connectivity index (χ1n) is 11.1. The molecule has 2 aromatic carbocycles. The summed E-state index contributed by atoms with van der Waals surface area (Å²) in [4.78, 5) is 32.8. The smallest absolute Gasteiger partial charge is 0.309 e. The number of imide groups is 1. The summed E-state index contributed by atoms with van der Waals surface area (Å²) in [5, 5.41) is 0. The van der Waals surface area contributed by atoms with E-state index in [1.54, 1.807) is 0 Å². The standard InChI is InChI=1S/C25H31N3O2/c1-2-16-26-18-14-25(15-19-26)23(29)27(20-22-11-7-4-8-12-22)24(30)28(25)17-13-21-9-5-3-6-10-21/h3-12H,2,13-20H2,1H3. The second-order valence-electron chi connectivity index (χ2n) is 8.42. The lowest BCUT2D eigenvalue weighted by atomic mass is 9.85. The molecule has 2 aliphatic rings. The number of likely N-dealkylation sites (tertiary alicyclic amines) is 1. The Morgan fingerprint density at radius 1 is 0.833 bits per heavy atom. The van der Waals surface area contributed by atoms with E-state index < -0.39 is 5.54 Å². The SMILES string of the molecule is CCCN1CCC2(CC1)C(=O)N(Cc1ccccc1)C(=O)N2CCc1ccccc1. The summed E-state index contributed by atoms with van der Waals surface area (Å²) in [5.74, 6) is -0.0134. The molecule has 2 aromatic rings. The van der Waals surface area contributed by atoms with Crippen LogP contribution in [0.15, 0.2) is 60.7 Å². The van der Waals surface area contributed by atoms with Gasteiger partial charge in [0.05, 0.1) is 6.54 Å². The van der Waals surface area contributed by atoms with E-state index in [0.29, 0.717) is 13.1 Å². The Kier molecular flexibility index (Phi) is 6.18. The molecule has 2 heterocycles. The minimum Gasteiger partial charge on any atom is -0.309 e. The van der Waals surface area contributed by atoms with Gasteiger partial charge in [0.25, 0.3) is 5.91 Å². The number of hydrogen-bond acceptors (Lipinski definition) is 3. The number of piperidine rings is 1. The second-order valence-corrected chi connectivity index (χ2v) is 8.42. The van der Waals surface area contributed by atoms with Crippen molar-refractivity contribution in [1.29, 1.82) is 0 Å². The monoisotopic (exact) mass is 405 g/mol. The van der Waals surface area contributed by atoms with Crippen LogP contribution in [0.4, 0.5) is 4.79 Å². The third kappa shape index (κ3) is 3.99. The topological polar surface area (TPSA) is 43.9 Å². The van der Waals surface area contributed by atoms with Crippen molar-refractivity contribution >= 4 is 11.9 Å². The predicted molar refractivity (Wildman–Crippen MR) is 118 cm³/mol.